The van der Waals surface area contributed by atoms with E-state index in [1.807, 2.05) is 0 Å². The molecular weight excluding hydrogens is 320 g/mol. The number of unbranched alkanes of at least 4 members (excludes halogenated alkanes) is 3. The van der Waals surface area contributed by atoms with Crippen LogP contribution in [0.4, 0.5) is 11.6 Å². The van der Waals surface area contributed by atoms with Gasteiger partial charge in [0.15, 0.2) is 0 Å². The van der Waals surface area contributed by atoms with Crippen LogP contribution in [0, 0.1) is 0 Å². The number of anilines is 2. The van der Waals surface area contributed by atoms with E-state index in [1.165, 1.54) is 6.42 Å². The number of H-pyrrole nitrogens is 1. The first kappa shape index (κ1) is 18.5. The lowest BCUT2D eigenvalue weighted by Crippen LogP contribution is -2.27. The van der Waals surface area contributed by atoms with Crippen LogP contribution >= 0.6 is 0 Å². The van der Waals surface area contributed by atoms with Gasteiger partial charge in [0, 0.05) is 24.8 Å². The predicted octanol–water partition coefficient (Wildman–Crippen LogP) is 2.87. The topological polar surface area (TPSA) is 98.3 Å². The van der Waals surface area contributed by atoms with E-state index in [0.717, 1.165) is 31.9 Å². The van der Waals surface area contributed by atoms with Gasteiger partial charge in [0.1, 0.15) is 0 Å². The van der Waals surface area contributed by atoms with Crippen LogP contribution in [-0.4, -0.2) is 39.5 Å². The summed E-state index contributed by atoms with van der Waals surface area (Å²) in [4.78, 5) is 31.8. The number of carbonyl (C=O) groups excluding carboxylic acids is 1. The highest BCUT2D eigenvalue weighted by Gasteiger charge is 2.12. The Hall–Kier alpha value is -2.83. The number of nitrogens with one attached hydrogen (secondary N) is 2. The average molecular weight is 344 g/mol. The Morgan fingerprint density at radius 1 is 1.28 bits per heavy atom. The second-order valence-electron chi connectivity index (χ2n) is 5.95. The number of hydrogen-bond donors (Lipinski definition) is 3. The van der Waals surface area contributed by atoms with Gasteiger partial charge in [0.05, 0.1) is 6.07 Å². The molecule has 0 saturated heterocycles. The van der Waals surface area contributed by atoms with E-state index in [2.05, 4.69) is 22.2 Å². The molecule has 0 aliphatic rings. The zero-order valence-corrected chi connectivity index (χ0v) is 14.6. The number of aromatic nitrogens is 2. The summed E-state index contributed by atoms with van der Waals surface area (Å²) < 4.78 is 0. The van der Waals surface area contributed by atoms with Gasteiger partial charge in [-0.15, -0.1) is 0 Å². The Morgan fingerprint density at radius 2 is 2.08 bits per heavy atom. The number of amides is 1. The Balaban J connectivity index is 2.04. The van der Waals surface area contributed by atoms with Crippen LogP contribution in [0.1, 0.15) is 43.0 Å². The van der Waals surface area contributed by atoms with Gasteiger partial charge in [0.25, 0.3) is 11.5 Å². The molecule has 7 heteroatoms. The third-order valence-corrected chi connectivity index (χ3v) is 3.79. The third-order valence-electron chi connectivity index (χ3n) is 3.79. The van der Waals surface area contributed by atoms with E-state index in [9.17, 15) is 14.7 Å². The van der Waals surface area contributed by atoms with Gasteiger partial charge in [0.2, 0.25) is 11.8 Å². The molecule has 2 aromatic rings. The van der Waals surface area contributed by atoms with Gasteiger partial charge in [-0.1, -0.05) is 32.3 Å². The van der Waals surface area contributed by atoms with Crippen LogP contribution in [0.15, 0.2) is 35.1 Å². The summed E-state index contributed by atoms with van der Waals surface area (Å²) in [6.45, 7) is 2.87. The number of benzene rings is 1. The second kappa shape index (κ2) is 8.86. The molecule has 0 radical (unpaired) electrons. The van der Waals surface area contributed by atoms with Crippen molar-refractivity contribution in [2.75, 3.05) is 18.9 Å². The zero-order valence-electron chi connectivity index (χ0n) is 14.6. The molecule has 0 saturated carbocycles. The molecule has 1 amide bonds. The first-order valence-electron chi connectivity index (χ1n) is 8.42. The molecule has 3 N–H and O–H groups in total. The highest BCUT2D eigenvalue weighted by atomic mass is 16.3. The lowest BCUT2D eigenvalue weighted by atomic mass is 10.1. The van der Waals surface area contributed by atoms with Crippen LogP contribution in [0.25, 0.3) is 0 Å². The Morgan fingerprint density at radius 3 is 2.80 bits per heavy atom. The van der Waals surface area contributed by atoms with Crippen molar-refractivity contribution < 1.29 is 9.90 Å². The summed E-state index contributed by atoms with van der Waals surface area (Å²) in [6.07, 6.45) is 4.45. The van der Waals surface area contributed by atoms with Crippen molar-refractivity contribution in [3.05, 3.63) is 46.2 Å². The smallest absolute Gasteiger partial charge is 0.256 e. The van der Waals surface area contributed by atoms with Crippen molar-refractivity contribution in [3.63, 3.8) is 0 Å². The van der Waals surface area contributed by atoms with Gasteiger partial charge < -0.3 is 15.3 Å². The van der Waals surface area contributed by atoms with E-state index in [1.54, 1.807) is 36.2 Å². The quantitative estimate of drug-likeness (QED) is 0.640. The van der Waals surface area contributed by atoms with Gasteiger partial charge in [-0.05, 0) is 24.6 Å². The Bertz CT molecular complexity index is 773. The lowest BCUT2D eigenvalue weighted by Gasteiger charge is -2.17. The fourth-order valence-corrected chi connectivity index (χ4v) is 2.47. The molecule has 1 aromatic heterocycles. The lowest BCUT2D eigenvalue weighted by molar-refractivity contribution is 0.0792. The average Bonchev–Trinajstić information content (AvgIpc) is 2.57. The maximum atomic E-state index is 12.5. The predicted molar refractivity (Wildman–Crippen MR) is 97.3 cm³/mol. The molecule has 0 fully saturated rings. The molecule has 0 unspecified atom stereocenters. The molecule has 0 atom stereocenters. The molecule has 25 heavy (non-hydrogen) atoms. The molecule has 0 aliphatic heterocycles. The van der Waals surface area contributed by atoms with Gasteiger partial charge in [-0.25, -0.2) is 0 Å². The van der Waals surface area contributed by atoms with E-state index < -0.39 is 5.56 Å². The molecule has 2 rings (SSSR count). The standard InChI is InChI=1S/C18H24N4O3/c1-3-4-5-6-10-22(2)17(25)13-8-7-9-14(11-13)19-18-20-15(23)12-16(24)21-18/h7-9,11-12H,3-6,10H2,1-2H3,(H3,19,20,21,23,24). The number of rotatable bonds is 8. The van der Waals surface area contributed by atoms with Crippen molar-refractivity contribution in [1.82, 2.24) is 14.9 Å². The summed E-state index contributed by atoms with van der Waals surface area (Å²) >= 11 is 0. The third kappa shape index (κ3) is 5.63. The van der Waals surface area contributed by atoms with Crippen LogP contribution < -0.4 is 10.9 Å². The van der Waals surface area contributed by atoms with Crippen LogP contribution in [0.5, 0.6) is 5.88 Å². The van der Waals surface area contributed by atoms with E-state index in [4.69, 9.17) is 0 Å². The summed E-state index contributed by atoms with van der Waals surface area (Å²) in [7, 11) is 1.79. The molecule has 1 heterocycles. The molecule has 0 bridgehead atoms. The molecule has 0 aliphatic carbocycles. The molecule has 1 aromatic carbocycles. The van der Waals surface area contributed by atoms with Crippen LogP contribution in [-0.2, 0) is 0 Å². The number of hydrogen-bond acceptors (Lipinski definition) is 5. The van der Waals surface area contributed by atoms with Gasteiger partial charge in [-0.2, -0.15) is 4.98 Å². The molecule has 134 valence electrons. The van der Waals surface area contributed by atoms with Crippen molar-refractivity contribution in [2.45, 2.75) is 32.6 Å². The highest BCUT2D eigenvalue weighted by Crippen LogP contribution is 2.16. The number of aromatic hydroxyl groups is 1. The minimum atomic E-state index is -0.464. The van der Waals surface area contributed by atoms with Crippen molar-refractivity contribution >= 4 is 17.5 Å². The van der Waals surface area contributed by atoms with E-state index >= 15 is 0 Å². The van der Waals surface area contributed by atoms with Crippen LogP contribution in [0.2, 0.25) is 0 Å². The maximum absolute atomic E-state index is 12.5. The number of carbonyl (C=O) groups is 1. The van der Waals surface area contributed by atoms with Crippen molar-refractivity contribution in [2.24, 2.45) is 0 Å². The normalized spacial score (nSPS) is 10.5. The zero-order chi connectivity index (χ0) is 18.2. The van der Waals surface area contributed by atoms with Gasteiger partial charge in [-0.3, -0.25) is 14.6 Å². The number of nitrogens with zero attached hydrogens (tertiary/aromatic N) is 2. The molecule has 0 spiro atoms. The Labute approximate surface area is 146 Å². The summed E-state index contributed by atoms with van der Waals surface area (Å²) in [6, 6.07) is 7.92. The second-order valence-corrected chi connectivity index (χ2v) is 5.95. The number of aromatic amines is 1. The minimum absolute atomic E-state index is 0.0579. The monoisotopic (exact) mass is 344 g/mol. The largest absolute Gasteiger partial charge is 0.493 e. The van der Waals surface area contributed by atoms with Gasteiger partial charge >= 0.3 is 0 Å². The fraction of sp³-hybridized carbons (Fsp3) is 0.389. The summed E-state index contributed by atoms with van der Waals surface area (Å²) in [5, 5.41) is 12.3. The van der Waals surface area contributed by atoms with Crippen LogP contribution in [0.3, 0.4) is 0 Å². The summed E-state index contributed by atoms with van der Waals surface area (Å²) in [5.41, 5.74) is 0.679. The SMILES string of the molecule is CCCCCCN(C)C(=O)c1cccc(Nc2nc(O)cc(=O)[nH]2)c1. The minimum Gasteiger partial charge on any atom is -0.493 e. The molecular formula is C18H24N4O3. The highest BCUT2D eigenvalue weighted by molar-refractivity contribution is 5.95. The van der Waals surface area contributed by atoms with E-state index in [-0.39, 0.29) is 17.7 Å². The Kier molecular flexibility index (Phi) is 6.56. The molecule has 7 nitrogen and oxygen atoms in total. The van der Waals surface area contributed by atoms with Crippen molar-refractivity contribution in [1.29, 1.82) is 0 Å². The summed E-state index contributed by atoms with van der Waals surface area (Å²) in [5.74, 6) is -0.315. The fourth-order valence-electron chi connectivity index (χ4n) is 2.47. The first-order valence-corrected chi connectivity index (χ1v) is 8.42. The maximum Gasteiger partial charge on any atom is 0.256 e. The first-order chi connectivity index (χ1) is 12.0. The van der Waals surface area contributed by atoms with E-state index in [0.29, 0.717) is 11.3 Å². The van der Waals surface area contributed by atoms with Crippen molar-refractivity contribution in [3.8, 4) is 5.88 Å².